The molecule has 0 aliphatic carbocycles. The summed E-state index contributed by atoms with van der Waals surface area (Å²) in [6.45, 7) is 8.87. The SMILES string of the molecule is CCC(C)(C)c1ccc(C(N)c2cc(C)ccc2Br)cc1. The molecular weight excluding hydrogens is 322 g/mol. The Hall–Kier alpha value is -1.12. The van der Waals surface area contributed by atoms with E-state index in [1.807, 2.05) is 0 Å². The number of halogens is 1. The van der Waals surface area contributed by atoms with Crippen LogP contribution >= 0.6 is 15.9 Å². The van der Waals surface area contributed by atoms with Crippen LogP contribution in [0.1, 0.15) is 55.5 Å². The third kappa shape index (κ3) is 3.56. The van der Waals surface area contributed by atoms with Crippen molar-refractivity contribution < 1.29 is 0 Å². The monoisotopic (exact) mass is 345 g/mol. The van der Waals surface area contributed by atoms with Crippen molar-refractivity contribution in [3.8, 4) is 0 Å². The second kappa shape index (κ2) is 6.33. The fourth-order valence-electron chi connectivity index (χ4n) is 2.43. The molecule has 2 heteroatoms. The molecule has 0 radical (unpaired) electrons. The summed E-state index contributed by atoms with van der Waals surface area (Å²) in [7, 11) is 0. The van der Waals surface area contributed by atoms with Gasteiger partial charge in [0.2, 0.25) is 0 Å². The summed E-state index contributed by atoms with van der Waals surface area (Å²) in [5.74, 6) is 0. The van der Waals surface area contributed by atoms with Crippen LogP contribution in [-0.4, -0.2) is 0 Å². The smallest absolute Gasteiger partial charge is 0.0562 e. The van der Waals surface area contributed by atoms with E-state index in [-0.39, 0.29) is 11.5 Å². The number of benzene rings is 2. The van der Waals surface area contributed by atoms with Gasteiger partial charge >= 0.3 is 0 Å². The van der Waals surface area contributed by atoms with Crippen molar-refractivity contribution in [2.75, 3.05) is 0 Å². The lowest BCUT2D eigenvalue weighted by Gasteiger charge is -2.24. The van der Waals surface area contributed by atoms with Crippen LogP contribution in [0.2, 0.25) is 0 Å². The number of hydrogen-bond donors (Lipinski definition) is 1. The molecular formula is C19H24BrN. The molecule has 21 heavy (non-hydrogen) atoms. The summed E-state index contributed by atoms with van der Waals surface area (Å²) in [6.07, 6.45) is 1.13. The van der Waals surface area contributed by atoms with E-state index in [0.717, 1.165) is 22.0 Å². The van der Waals surface area contributed by atoms with Gasteiger partial charge in [0.05, 0.1) is 6.04 Å². The maximum atomic E-state index is 6.45. The molecule has 0 aliphatic heterocycles. The minimum absolute atomic E-state index is 0.0990. The molecule has 0 saturated heterocycles. The molecule has 0 fully saturated rings. The zero-order chi connectivity index (χ0) is 15.6. The van der Waals surface area contributed by atoms with Crippen molar-refractivity contribution in [3.63, 3.8) is 0 Å². The van der Waals surface area contributed by atoms with Gasteiger partial charge < -0.3 is 5.73 Å². The highest BCUT2D eigenvalue weighted by atomic mass is 79.9. The molecule has 2 rings (SSSR count). The highest BCUT2D eigenvalue weighted by molar-refractivity contribution is 9.10. The number of aryl methyl sites for hydroxylation is 1. The number of rotatable bonds is 4. The van der Waals surface area contributed by atoms with Gasteiger partial charge in [-0.05, 0) is 41.5 Å². The summed E-state index contributed by atoms with van der Waals surface area (Å²) in [5, 5.41) is 0. The van der Waals surface area contributed by atoms with E-state index in [9.17, 15) is 0 Å². The van der Waals surface area contributed by atoms with Crippen LogP contribution in [-0.2, 0) is 5.41 Å². The summed E-state index contributed by atoms with van der Waals surface area (Å²) < 4.78 is 1.07. The van der Waals surface area contributed by atoms with Crippen molar-refractivity contribution >= 4 is 15.9 Å². The Morgan fingerprint density at radius 1 is 1.10 bits per heavy atom. The Kier molecular flexibility index (Phi) is 4.90. The van der Waals surface area contributed by atoms with Crippen molar-refractivity contribution in [2.45, 2.75) is 45.6 Å². The lowest BCUT2D eigenvalue weighted by Crippen LogP contribution is -2.17. The van der Waals surface area contributed by atoms with E-state index >= 15 is 0 Å². The largest absolute Gasteiger partial charge is 0.320 e. The molecule has 1 nitrogen and oxygen atoms in total. The fraction of sp³-hybridized carbons (Fsp3) is 0.368. The minimum Gasteiger partial charge on any atom is -0.320 e. The Bertz CT molecular complexity index is 614. The first kappa shape index (κ1) is 16.3. The molecule has 0 spiro atoms. The van der Waals surface area contributed by atoms with Crippen LogP contribution in [0.15, 0.2) is 46.9 Å². The molecule has 0 saturated carbocycles. The van der Waals surface area contributed by atoms with Crippen molar-refractivity contribution in [2.24, 2.45) is 5.73 Å². The van der Waals surface area contributed by atoms with Gasteiger partial charge in [-0.3, -0.25) is 0 Å². The summed E-state index contributed by atoms with van der Waals surface area (Å²) >= 11 is 3.61. The van der Waals surface area contributed by atoms with Crippen LogP contribution in [0.25, 0.3) is 0 Å². The normalized spacial score (nSPS) is 13.2. The molecule has 2 aromatic rings. The van der Waals surface area contributed by atoms with E-state index in [2.05, 4.69) is 86.1 Å². The van der Waals surface area contributed by atoms with Crippen molar-refractivity contribution in [1.29, 1.82) is 0 Å². The van der Waals surface area contributed by atoms with Crippen LogP contribution < -0.4 is 5.73 Å². The van der Waals surface area contributed by atoms with Gasteiger partial charge in [-0.1, -0.05) is 78.7 Å². The zero-order valence-corrected chi connectivity index (χ0v) is 14.9. The van der Waals surface area contributed by atoms with E-state index in [1.54, 1.807) is 0 Å². The topological polar surface area (TPSA) is 26.0 Å². The highest BCUT2D eigenvalue weighted by Crippen LogP contribution is 2.31. The molecule has 0 amide bonds. The lowest BCUT2D eigenvalue weighted by atomic mass is 9.81. The first-order valence-electron chi connectivity index (χ1n) is 7.47. The van der Waals surface area contributed by atoms with E-state index < -0.39 is 0 Å². The first-order chi connectivity index (χ1) is 9.85. The quantitative estimate of drug-likeness (QED) is 0.778. The van der Waals surface area contributed by atoms with Gasteiger partial charge in [-0.25, -0.2) is 0 Å². The molecule has 0 heterocycles. The van der Waals surface area contributed by atoms with Crippen molar-refractivity contribution in [3.05, 3.63) is 69.2 Å². The third-order valence-electron chi connectivity index (χ3n) is 4.42. The highest BCUT2D eigenvalue weighted by Gasteiger charge is 2.19. The van der Waals surface area contributed by atoms with Gasteiger partial charge in [-0.15, -0.1) is 0 Å². The molecule has 0 aromatic heterocycles. The number of nitrogens with two attached hydrogens (primary N) is 1. The van der Waals surface area contributed by atoms with Crippen LogP contribution in [0.5, 0.6) is 0 Å². The summed E-state index contributed by atoms with van der Waals surface area (Å²) in [5.41, 5.74) is 11.5. The zero-order valence-electron chi connectivity index (χ0n) is 13.3. The Labute approximate surface area is 136 Å². The Morgan fingerprint density at radius 3 is 2.29 bits per heavy atom. The third-order valence-corrected chi connectivity index (χ3v) is 5.14. The first-order valence-corrected chi connectivity index (χ1v) is 8.26. The molecule has 1 atom stereocenters. The van der Waals surface area contributed by atoms with E-state index in [4.69, 9.17) is 5.73 Å². The van der Waals surface area contributed by atoms with E-state index in [0.29, 0.717) is 0 Å². The maximum absolute atomic E-state index is 6.45. The Morgan fingerprint density at radius 2 is 1.71 bits per heavy atom. The lowest BCUT2D eigenvalue weighted by molar-refractivity contribution is 0.506. The minimum atomic E-state index is -0.0990. The Balaban J connectivity index is 2.32. The molecule has 112 valence electrons. The van der Waals surface area contributed by atoms with Gasteiger partial charge in [0.25, 0.3) is 0 Å². The predicted octanol–water partition coefficient (Wildman–Crippen LogP) is 5.49. The summed E-state index contributed by atoms with van der Waals surface area (Å²) in [6, 6.07) is 15.0. The standard InChI is InChI=1S/C19H24BrN/c1-5-19(3,4)15-9-7-14(8-10-15)18(21)16-12-13(2)6-11-17(16)20/h6-12,18H,5,21H2,1-4H3. The van der Waals surface area contributed by atoms with Gasteiger partial charge in [0.1, 0.15) is 0 Å². The molecule has 2 N–H and O–H groups in total. The van der Waals surface area contributed by atoms with Crippen molar-refractivity contribution in [1.82, 2.24) is 0 Å². The van der Waals surface area contributed by atoms with Gasteiger partial charge in [-0.2, -0.15) is 0 Å². The van der Waals surface area contributed by atoms with E-state index in [1.165, 1.54) is 11.1 Å². The molecule has 1 unspecified atom stereocenters. The maximum Gasteiger partial charge on any atom is 0.0562 e. The second-order valence-corrected chi connectivity index (χ2v) is 7.22. The summed E-state index contributed by atoms with van der Waals surface area (Å²) in [4.78, 5) is 0. The average Bonchev–Trinajstić information content (AvgIpc) is 2.49. The van der Waals surface area contributed by atoms with Gasteiger partial charge in [0, 0.05) is 4.47 Å². The fourth-order valence-corrected chi connectivity index (χ4v) is 2.92. The molecule has 0 bridgehead atoms. The molecule has 0 aliphatic rings. The second-order valence-electron chi connectivity index (χ2n) is 6.36. The average molecular weight is 346 g/mol. The number of hydrogen-bond acceptors (Lipinski definition) is 1. The van der Waals surface area contributed by atoms with Gasteiger partial charge in [0.15, 0.2) is 0 Å². The molecule has 2 aromatic carbocycles. The van der Waals surface area contributed by atoms with Crippen LogP contribution in [0.3, 0.4) is 0 Å². The predicted molar refractivity (Wildman–Crippen MR) is 94.7 cm³/mol. The van der Waals surface area contributed by atoms with Crippen LogP contribution in [0, 0.1) is 6.92 Å². The van der Waals surface area contributed by atoms with Crippen LogP contribution in [0.4, 0.5) is 0 Å².